The van der Waals surface area contributed by atoms with Gasteiger partial charge in [0.05, 0.1) is 10.7 Å². The Kier molecular flexibility index (Phi) is 6.45. The van der Waals surface area contributed by atoms with E-state index in [0.29, 0.717) is 22.3 Å². The molecule has 0 saturated carbocycles. The lowest BCUT2D eigenvalue weighted by atomic mass is 9.88. The Morgan fingerprint density at radius 1 is 1.33 bits per heavy atom. The molecule has 1 aromatic rings. The SMILES string of the molecule is CC(=O)Nc1ccc(NC(=O)C(C)C2CNC2)cc1Cl.Cl. The molecule has 2 rings (SSSR count). The van der Waals surface area contributed by atoms with E-state index >= 15 is 0 Å². The van der Waals surface area contributed by atoms with Gasteiger partial charge >= 0.3 is 0 Å². The fourth-order valence-corrected chi connectivity index (χ4v) is 2.25. The van der Waals surface area contributed by atoms with Crippen molar-refractivity contribution in [3.05, 3.63) is 23.2 Å². The number of halogens is 2. The maximum atomic E-state index is 12.1. The van der Waals surface area contributed by atoms with Gasteiger partial charge < -0.3 is 16.0 Å². The molecule has 2 amide bonds. The summed E-state index contributed by atoms with van der Waals surface area (Å²) in [6.07, 6.45) is 0. The summed E-state index contributed by atoms with van der Waals surface area (Å²) in [5.41, 5.74) is 1.17. The van der Waals surface area contributed by atoms with Crippen LogP contribution in [0, 0.1) is 11.8 Å². The van der Waals surface area contributed by atoms with Gasteiger partial charge in [-0.05, 0) is 37.2 Å². The zero-order valence-electron chi connectivity index (χ0n) is 11.9. The number of amides is 2. The number of hydrogen-bond donors (Lipinski definition) is 3. The van der Waals surface area contributed by atoms with Crippen molar-refractivity contribution in [3.8, 4) is 0 Å². The van der Waals surface area contributed by atoms with E-state index in [-0.39, 0.29) is 30.1 Å². The zero-order valence-corrected chi connectivity index (χ0v) is 13.5. The maximum Gasteiger partial charge on any atom is 0.227 e. The van der Waals surface area contributed by atoms with Crippen LogP contribution in [0.2, 0.25) is 5.02 Å². The van der Waals surface area contributed by atoms with Gasteiger partial charge in [-0.25, -0.2) is 0 Å². The van der Waals surface area contributed by atoms with Crippen molar-refractivity contribution in [1.82, 2.24) is 5.32 Å². The summed E-state index contributed by atoms with van der Waals surface area (Å²) in [5, 5.41) is 9.02. The van der Waals surface area contributed by atoms with E-state index in [1.807, 2.05) is 6.92 Å². The number of rotatable bonds is 4. The van der Waals surface area contributed by atoms with Gasteiger partial charge in [-0.2, -0.15) is 0 Å². The minimum atomic E-state index is -0.185. The predicted octanol–water partition coefficient (Wildman–Crippen LogP) is 2.51. The molecule has 1 fully saturated rings. The Balaban J connectivity index is 0.00000220. The van der Waals surface area contributed by atoms with Crippen LogP contribution in [0.1, 0.15) is 13.8 Å². The first-order chi connectivity index (χ1) is 9.47. The average molecular weight is 332 g/mol. The third-order valence-corrected chi connectivity index (χ3v) is 3.79. The van der Waals surface area contributed by atoms with Gasteiger partial charge in [-0.3, -0.25) is 9.59 Å². The molecule has 116 valence electrons. The summed E-state index contributed by atoms with van der Waals surface area (Å²) >= 11 is 6.06. The van der Waals surface area contributed by atoms with Crippen LogP contribution >= 0.6 is 24.0 Å². The van der Waals surface area contributed by atoms with E-state index in [0.717, 1.165) is 13.1 Å². The molecule has 1 unspecified atom stereocenters. The number of benzene rings is 1. The second kappa shape index (κ2) is 7.64. The van der Waals surface area contributed by atoms with Crippen LogP contribution in [0.4, 0.5) is 11.4 Å². The molecule has 1 aromatic carbocycles. The molecule has 1 aliphatic heterocycles. The van der Waals surface area contributed by atoms with Crippen LogP contribution < -0.4 is 16.0 Å². The smallest absolute Gasteiger partial charge is 0.227 e. The second-order valence-electron chi connectivity index (χ2n) is 5.07. The summed E-state index contributed by atoms with van der Waals surface area (Å²) in [5.74, 6) is 0.156. The molecule has 21 heavy (non-hydrogen) atoms. The molecule has 7 heteroatoms. The normalized spacial score (nSPS) is 15.4. The molecular weight excluding hydrogens is 313 g/mol. The lowest BCUT2D eigenvalue weighted by Crippen LogP contribution is -2.48. The van der Waals surface area contributed by atoms with E-state index in [1.165, 1.54) is 6.92 Å². The van der Waals surface area contributed by atoms with Gasteiger partial charge in [0.2, 0.25) is 11.8 Å². The Bertz CT molecular complexity index is 533. The van der Waals surface area contributed by atoms with Crippen molar-refractivity contribution in [3.63, 3.8) is 0 Å². The quantitative estimate of drug-likeness (QED) is 0.793. The highest BCUT2D eigenvalue weighted by atomic mass is 35.5. The predicted molar refractivity (Wildman–Crippen MR) is 87.2 cm³/mol. The van der Waals surface area contributed by atoms with E-state index in [9.17, 15) is 9.59 Å². The molecule has 0 bridgehead atoms. The van der Waals surface area contributed by atoms with Crippen LogP contribution in [0.5, 0.6) is 0 Å². The van der Waals surface area contributed by atoms with Crippen molar-refractivity contribution in [2.45, 2.75) is 13.8 Å². The van der Waals surface area contributed by atoms with Crippen molar-refractivity contribution in [2.75, 3.05) is 23.7 Å². The summed E-state index contributed by atoms with van der Waals surface area (Å²) in [7, 11) is 0. The largest absolute Gasteiger partial charge is 0.326 e. The molecule has 0 radical (unpaired) electrons. The Morgan fingerprint density at radius 2 is 2.00 bits per heavy atom. The first kappa shape index (κ1) is 17.8. The third-order valence-electron chi connectivity index (χ3n) is 3.48. The van der Waals surface area contributed by atoms with E-state index in [1.54, 1.807) is 18.2 Å². The Morgan fingerprint density at radius 3 is 2.48 bits per heavy atom. The van der Waals surface area contributed by atoms with Crippen LogP contribution in [0.3, 0.4) is 0 Å². The first-order valence-corrected chi connectivity index (χ1v) is 6.94. The molecule has 1 heterocycles. The van der Waals surface area contributed by atoms with Gasteiger partial charge in [0, 0.05) is 18.5 Å². The molecule has 0 spiro atoms. The van der Waals surface area contributed by atoms with Gasteiger partial charge in [0.25, 0.3) is 0 Å². The lowest BCUT2D eigenvalue weighted by molar-refractivity contribution is -0.121. The second-order valence-corrected chi connectivity index (χ2v) is 5.48. The molecule has 1 aliphatic rings. The zero-order chi connectivity index (χ0) is 14.7. The molecule has 5 nitrogen and oxygen atoms in total. The first-order valence-electron chi connectivity index (χ1n) is 6.56. The Hall–Kier alpha value is -1.30. The minimum absolute atomic E-state index is 0. The molecule has 0 aliphatic carbocycles. The highest BCUT2D eigenvalue weighted by molar-refractivity contribution is 6.34. The topological polar surface area (TPSA) is 70.2 Å². The van der Waals surface area contributed by atoms with E-state index < -0.39 is 0 Å². The molecular formula is C14H19Cl2N3O2. The van der Waals surface area contributed by atoms with Crippen molar-refractivity contribution >= 4 is 47.2 Å². The molecule has 3 N–H and O–H groups in total. The lowest BCUT2D eigenvalue weighted by Gasteiger charge is -2.31. The van der Waals surface area contributed by atoms with Crippen molar-refractivity contribution in [2.24, 2.45) is 11.8 Å². The third kappa shape index (κ3) is 4.59. The van der Waals surface area contributed by atoms with Gasteiger partial charge in [-0.15, -0.1) is 12.4 Å². The summed E-state index contributed by atoms with van der Waals surface area (Å²) in [6, 6.07) is 5.03. The summed E-state index contributed by atoms with van der Waals surface area (Å²) < 4.78 is 0. The van der Waals surface area contributed by atoms with Crippen LogP contribution in [-0.4, -0.2) is 24.9 Å². The maximum absolute atomic E-state index is 12.1. The van der Waals surface area contributed by atoms with E-state index in [4.69, 9.17) is 11.6 Å². The molecule has 1 saturated heterocycles. The van der Waals surface area contributed by atoms with Gasteiger partial charge in [0.1, 0.15) is 0 Å². The number of nitrogens with one attached hydrogen (secondary N) is 3. The standard InChI is InChI=1S/C14H18ClN3O2.ClH/c1-8(10-6-16-7-10)14(20)18-11-3-4-13(12(15)5-11)17-9(2)19;/h3-5,8,10,16H,6-7H2,1-2H3,(H,17,19)(H,18,20);1H. The van der Waals surface area contributed by atoms with Crippen LogP contribution in [-0.2, 0) is 9.59 Å². The highest BCUT2D eigenvalue weighted by Gasteiger charge is 2.28. The number of hydrogen-bond acceptors (Lipinski definition) is 3. The van der Waals surface area contributed by atoms with E-state index in [2.05, 4.69) is 16.0 Å². The fraction of sp³-hybridized carbons (Fsp3) is 0.429. The van der Waals surface area contributed by atoms with Crippen molar-refractivity contribution < 1.29 is 9.59 Å². The van der Waals surface area contributed by atoms with Crippen LogP contribution in [0.25, 0.3) is 0 Å². The number of anilines is 2. The Labute approximate surface area is 135 Å². The van der Waals surface area contributed by atoms with Crippen molar-refractivity contribution in [1.29, 1.82) is 0 Å². The monoisotopic (exact) mass is 331 g/mol. The fourth-order valence-electron chi connectivity index (χ4n) is 2.02. The summed E-state index contributed by atoms with van der Waals surface area (Å²) in [6.45, 7) is 5.11. The highest BCUT2D eigenvalue weighted by Crippen LogP contribution is 2.26. The molecule has 0 aromatic heterocycles. The number of carbonyl (C=O) groups excluding carboxylic acids is 2. The van der Waals surface area contributed by atoms with Crippen LogP contribution in [0.15, 0.2) is 18.2 Å². The molecule has 1 atom stereocenters. The average Bonchev–Trinajstić information content (AvgIpc) is 2.30. The minimum Gasteiger partial charge on any atom is -0.326 e. The van der Waals surface area contributed by atoms with Gasteiger partial charge in [-0.1, -0.05) is 18.5 Å². The van der Waals surface area contributed by atoms with Gasteiger partial charge in [0.15, 0.2) is 0 Å². The summed E-state index contributed by atoms with van der Waals surface area (Å²) in [4.78, 5) is 23.1. The number of carbonyl (C=O) groups is 2.